The van der Waals surface area contributed by atoms with E-state index in [-0.39, 0.29) is 0 Å². The highest BCUT2D eigenvalue weighted by Gasteiger charge is 2.39. The normalized spacial score (nSPS) is 12.6. The maximum atomic E-state index is 5.82. The summed E-state index contributed by atoms with van der Waals surface area (Å²) in [5.74, 6) is 1.22. The van der Waals surface area contributed by atoms with Crippen molar-refractivity contribution >= 4 is 13.3 Å². The van der Waals surface area contributed by atoms with Crippen molar-refractivity contribution in [2.24, 2.45) is 0 Å². The van der Waals surface area contributed by atoms with E-state index in [0.717, 1.165) is 19.3 Å². The van der Waals surface area contributed by atoms with Crippen LogP contribution in [0.1, 0.15) is 38.5 Å². The molecule has 0 saturated heterocycles. The second kappa shape index (κ2) is 6.23. The van der Waals surface area contributed by atoms with Gasteiger partial charge < -0.3 is 4.42 Å². The van der Waals surface area contributed by atoms with E-state index in [4.69, 9.17) is 4.42 Å². The first-order valence-corrected chi connectivity index (χ1v) is 10.9. The van der Waals surface area contributed by atoms with Crippen LogP contribution in [0.4, 0.5) is 0 Å². The quantitative estimate of drug-likeness (QED) is 0.694. The molecule has 0 aliphatic heterocycles. The molecule has 0 radical (unpaired) electrons. The molecule has 0 amide bonds. The van der Waals surface area contributed by atoms with Crippen molar-refractivity contribution in [3.8, 4) is 0 Å². The summed E-state index contributed by atoms with van der Waals surface area (Å²) < 4.78 is 5.82. The molecule has 2 rings (SSSR count). The third-order valence-corrected chi connectivity index (χ3v) is 10.5. The summed E-state index contributed by atoms with van der Waals surface area (Å²) in [6.45, 7) is 12.0. The lowest BCUT2D eigenvalue weighted by molar-refractivity contribution is 0.504. The fourth-order valence-corrected chi connectivity index (χ4v) is 4.77. The van der Waals surface area contributed by atoms with Crippen molar-refractivity contribution in [3.63, 3.8) is 0 Å². The minimum atomic E-state index is -1.50. The van der Waals surface area contributed by atoms with E-state index in [1.807, 2.05) is 6.26 Å². The predicted molar refractivity (Wildman–Crippen MR) is 94.0 cm³/mol. The zero-order valence-electron chi connectivity index (χ0n) is 14.1. The molecule has 0 aliphatic carbocycles. The molecule has 0 bridgehead atoms. The van der Waals surface area contributed by atoms with Crippen LogP contribution in [-0.2, 0) is 12.8 Å². The van der Waals surface area contributed by atoms with E-state index >= 15 is 0 Å². The number of benzene rings is 1. The molecule has 0 unspecified atom stereocenters. The van der Waals surface area contributed by atoms with Crippen LogP contribution in [0, 0.1) is 0 Å². The summed E-state index contributed by atoms with van der Waals surface area (Å²) in [6.07, 6.45) is 5.20. The minimum Gasteiger partial charge on any atom is -0.469 e. The van der Waals surface area contributed by atoms with Crippen LogP contribution < -0.4 is 5.19 Å². The summed E-state index contributed by atoms with van der Waals surface area (Å²) in [5.41, 5.74) is 1.41. The highest BCUT2D eigenvalue weighted by atomic mass is 28.3. The van der Waals surface area contributed by atoms with Crippen molar-refractivity contribution < 1.29 is 4.42 Å². The van der Waals surface area contributed by atoms with Gasteiger partial charge in [0, 0.05) is 6.42 Å². The molecule has 0 aliphatic rings. The second-order valence-corrected chi connectivity index (χ2v) is 12.8. The van der Waals surface area contributed by atoms with Gasteiger partial charge in [-0.25, -0.2) is 0 Å². The zero-order valence-corrected chi connectivity index (χ0v) is 15.1. The van der Waals surface area contributed by atoms with Gasteiger partial charge in [-0.2, -0.15) is 0 Å². The van der Waals surface area contributed by atoms with E-state index in [9.17, 15) is 0 Å². The van der Waals surface area contributed by atoms with E-state index in [1.165, 1.54) is 16.5 Å². The molecule has 2 aromatic rings. The lowest BCUT2D eigenvalue weighted by atomic mass is 10.1. The van der Waals surface area contributed by atoms with Crippen molar-refractivity contribution in [2.75, 3.05) is 0 Å². The number of furan rings is 1. The summed E-state index contributed by atoms with van der Waals surface area (Å²) in [7, 11) is -1.50. The standard InChI is InChI=1S/C19H28OSi/c1-19(2,3)21(4,5)18-14-15-20-17(18)13-9-12-16-10-7-6-8-11-16/h6-8,10-11,14-15H,9,12-13H2,1-5H3. The van der Waals surface area contributed by atoms with Gasteiger partial charge in [0.1, 0.15) is 5.76 Å². The first kappa shape index (κ1) is 16.1. The first-order chi connectivity index (χ1) is 9.82. The van der Waals surface area contributed by atoms with Crippen molar-refractivity contribution in [1.82, 2.24) is 0 Å². The Balaban J connectivity index is 2.04. The van der Waals surface area contributed by atoms with Crippen LogP contribution in [0.15, 0.2) is 47.1 Å². The van der Waals surface area contributed by atoms with E-state index < -0.39 is 8.07 Å². The smallest absolute Gasteiger partial charge is 0.103 e. The summed E-state index contributed by atoms with van der Waals surface area (Å²) in [4.78, 5) is 0. The molecule has 0 spiro atoms. The number of aryl methyl sites for hydroxylation is 2. The lowest BCUT2D eigenvalue weighted by Gasteiger charge is -2.37. The maximum Gasteiger partial charge on any atom is 0.103 e. The fourth-order valence-electron chi connectivity index (χ4n) is 2.59. The molecule has 1 aromatic heterocycles. The Kier molecular flexibility index (Phi) is 4.77. The molecule has 21 heavy (non-hydrogen) atoms. The van der Waals surface area contributed by atoms with Crippen molar-refractivity contribution in [1.29, 1.82) is 0 Å². The van der Waals surface area contributed by atoms with Gasteiger partial charge in [0.05, 0.1) is 14.3 Å². The summed E-state index contributed by atoms with van der Waals surface area (Å²) in [6, 6.07) is 12.9. The van der Waals surface area contributed by atoms with Gasteiger partial charge in [0.15, 0.2) is 0 Å². The molecule has 0 N–H and O–H groups in total. The third-order valence-electron chi connectivity index (χ3n) is 5.01. The maximum absolute atomic E-state index is 5.82. The van der Waals surface area contributed by atoms with E-state index in [0.29, 0.717) is 5.04 Å². The van der Waals surface area contributed by atoms with Gasteiger partial charge in [0.25, 0.3) is 0 Å². The number of rotatable bonds is 5. The van der Waals surface area contributed by atoms with Crippen molar-refractivity contribution in [2.45, 2.75) is 58.2 Å². The Morgan fingerprint density at radius 2 is 1.62 bits per heavy atom. The van der Waals surface area contributed by atoms with Gasteiger partial charge in [-0.05, 0) is 34.7 Å². The fraction of sp³-hybridized carbons (Fsp3) is 0.474. The van der Waals surface area contributed by atoms with Gasteiger partial charge in [-0.1, -0.05) is 64.2 Å². The van der Waals surface area contributed by atoms with Gasteiger partial charge in [0.2, 0.25) is 0 Å². The largest absolute Gasteiger partial charge is 0.469 e. The van der Waals surface area contributed by atoms with Crippen LogP contribution in [0.25, 0.3) is 0 Å². The Morgan fingerprint density at radius 3 is 2.24 bits per heavy atom. The molecule has 0 saturated carbocycles. The number of hydrogen-bond donors (Lipinski definition) is 0. The average molecular weight is 301 g/mol. The highest BCUT2D eigenvalue weighted by molar-refractivity contribution is 6.92. The first-order valence-electron chi connectivity index (χ1n) is 7.93. The molecule has 1 nitrogen and oxygen atoms in total. The minimum absolute atomic E-state index is 0.352. The molecule has 1 aromatic carbocycles. The van der Waals surface area contributed by atoms with Crippen LogP contribution in [0.3, 0.4) is 0 Å². The molecule has 2 heteroatoms. The van der Waals surface area contributed by atoms with Gasteiger partial charge in [-0.3, -0.25) is 0 Å². The zero-order chi connectivity index (χ0) is 15.5. The second-order valence-electron chi connectivity index (χ2n) is 7.47. The van der Waals surface area contributed by atoms with E-state index in [2.05, 4.69) is 70.3 Å². The molecule has 114 valence electrons. The Hall–Kier alpha value is -1.28. The molecular formula is C19H28OSi. The van der Waals surface area contributed by atoms with E-state index in [1.54, 1.807) is 0 Å². The molecule has 1 heterocycles. The highest BCUT2D eigenvalue weighted by Crippen LogP contribution is 2.36. The third kappa shape index (κ3) is 3.68. The summed E-state index contributed by atoms with van der Waals surface area (Å²) in [5, 5.41) is 1.86. The number of hydrogen-bond acceptors (Lipinski definition) is 1. The van der Waals surface area contributed by atoms with Gasteiger partial charge in [-0.15, -0.1) is 0 Å². The van der Waals surface area contributed by atoms with Crippen LogP contribution >= 0.6 is 0 Å². The Labute approximate surface area is 130 Å². The molecule has 0 atom stereocenters. The van der Waals surface area contributed by atoms with Gasteiger partial charge >= 0.3 is 0 Å². The lowest BCUT2D eigenvalue weighted by Crippen LogP contribution is -2.50. The van der Waals surface area contributed by atoms with Crippen molar-refractivity contribution in [3.05, 3.63) is 54.0 Å². The SMILES string of the molecule is CC(C)(C)[Si](C)(C)c1ccoc1CCCc1ccccc1. The average Bonchev–Trinajstić information content (AvgIpc) is 2.88. The van der Waals surface area contributed by atoms with Crippen LogP contribution in [0.5, 0.6) is 0 Å². The topological polar surface area (TPSA) is 13.1 Å². The predicted octanol–water partition coefficient (Wildman–Crippen LogP) is 5.17. The van der Waals surface area contributed by atoms with Crippen LogP contribution in [0.2, 0.25) is 18.1 Å². The molecule has 0 fully saturated rings. The monoisotopic (exact) mass is 300 g/mol. The Morgan fingerprint density at radius 1 is 0.952 bits per heavy atom. The molecular weight excluding hydrogens is 272 g/mol. The summed E-state index contributed by atoms with van der Waals surface area (Å²) >= 11 is 0. The van der Waals surface area contributed by atoms with Crippen LogP contribution in [-0.4, -0.2) is 8.07 Å². The Bertz CT molecular complexity index is 561.